The summed E-state index contributed by atoms with van der Waals surface area (Å²) in [5.41, 5.74) is 0. The van der Waals surface area contributed by atoms with Crippen LogP contribution < -0.4 is 5.32 Å². The first-order valence-corrected chi connectivity index (χ1v) is 36.3. The van der Waals surface area contributed by atoms with Gasteiger partial charge in [0.15, 0.2) is 12.6 Å². The van der Waals surface area contributed by atoms with Gasteiger partial charge in [-0.1, -0.05) is 328 Å². The summed E-state index contributed by atoms with van der Waals surface area (Å²) < 4.78 is 22.9. The van der Waals surface area contributed by atoms with Crippen LogP contribution in [0.5, 0.6) is 0 Å². The molecule has 0 aromatic heterocycles. The molecule has 500 valence electrons. The maximum atomic E-state index is 13.3. The van der Waals surface area contributed by atoms with Crippen LogP contribution in [0.1, 0.15) is 348 Å². The fraction of sp³-hybridized carbons (Fsp3) is 0.986. The Bertz CT molecular complexity index is 1410. The van der Waals surface area contributed by atoms with Crippen LogP contribution in [-0.4, -0.2) is 140 Å². The minimum Gasteiger partial charge on any atom is -0.394 e. The third-order valence-corrected chi connectivity index (χ3v) is 18.3. The van der Waals surface area contributed by atoms with Crippen molar-refractivity contribution in [2.75, 3.05) is 19.8 Å². The maximum absolute atomic E-state index is 13.3. The van der Waals surface area contributed by atoms with Crippen LogP contribution in [-0.2, 0) is 23.7 Å². The number of ether oxygens (including phenoxy) is 4. The van der Waals surface area contributed by atoms with Crippen molar-refractivity contribution < 1.29 is 64.6 Å². The Balaban J connectivity index is 1.57. The van der Waals surface area contributed by atoms with Crippen molar-refractivity contribution in [1.29, 1.82) is 0 Å². The molecule has 12 atom stereocenters. The van der Waals surface area contributed by atoms with E-state index in [0.717, 1.165) is 51.4 Å². The summed E-state index contributed by atoms with van der Waals surface area (Å²) in [6.07, 6.45) is 50.1. The molecule has 0 saturated carbocycles. The molecule has 1 amide bonds. The van der Waals surface area contributed by atoms with Gasteiger partial charge in [-0.05, 0) is 12.8 Å². The molecule has 0 spiro atoms. The van der Waals surface area contributed by atoms with Crippen molar-refractivity contribution in [3.8, 4) is 0 Å². The van der Waals surface area contributed by atoms with E-state index < -0.39 is 86.8 Å². The van der Waals surface area contributed by atoms with Gasteiger partial charge in [-0.2, -0.15) is 0 Å². The topological polar surface area (TPSA) is 228 Å². The highest BCUT2D eigenvalue weighted by molar-refractivity contribution is 5.76. The van der Waals surface area contributed by atoms with Gasteiger partial charge in [0.25, 0.3) is 0 Å². The summed E-state index contributed by atoms with van der Waals surface area (Å²) in [6, 6.07) is -0.823. The first-order valence-electron chi connectivity index (χ1n) is 36.3. The van der Waals surface area contributed by atoms with E-state index in [1.54, 1.807) is 0 Å². The highest BCUT2D eigenvalue weighted by atomic mass is 16.7. The lowest BCUT2D eigenvalue weighted by Crippen LogP contribution is -2.65. The van der Waals surface area contributed by atoms with Crippen LogP contribution in [0, 0.1) is 0 Å². The molecule has 2 rings (SSSR count). The molecule has 2 aliphatic heterocycles. The van der Waals surface area contributed by atoms with Crippen molar-refractivity contribution in [3.05, 3.63) is 0 Å². The summed E-state index contributed by atoms with van der Waals surface area (Å²) in [7, 11) is 0. The van der Waals surface area contributed by atoms with E-state index in [0.29, 0.717) is 12.8 Å². The number of carbonyl (C=O) groups excluding carboxylic acids is 1. The molecule has 2 fully saturated rings. The number of unbranched alkanes of at least 4 members (excludes halogenated alkanes) is 48. The lowest BCUT2D eigenvalue weighted by atomic mass is 9.97. The van der Waals surface area contributed by atoms with E-state index in [1.807, 2.05) is 0 Å². The molecular weight excluding hydrogens is 1060 g/mol. The molecule has 2 aliphatic rings. The lowest BCUT2D eigenvalue weighted by molar-refractivity contribution is -0.359. The quantitative estimate of drug-likeness (QED) is 0.0259. The molecule has 0 bridgehead atoms. The standard InChI is InChI=1S/C70H137NO13/c1-3-5-7-9-11-13-15-17-19-20-21-22-23-24-25-26-27-28-29-30-31-32-33-34-35-36-37-38-40-42-44-46-48-50-52-54-62(75)71-58(59(74)53-51-49-47-45-43-41-39-18-16-14-12-10-8-6-4-2)57-81-69-67(80)65(78)68(61(56-73)83-69)84-70-66(79)64(77)63(76)60(55-72)82-70/h58-61,63-70,72-74,76-80H,3-57H2,1-2H3,(H,71,75)/t58-,59+,60+,61+,63-,64?,65?,66?,67?,68+,69+,70-/m0/s1. The zero-order chi connectivity index (χ0) is 60.9. The number of carbonyl (C=O) groups is 1. The van der Waals surface area contributed by atoms with Crippen LogP contribution in [0.4, 0.5) is 0 Å². The number of aliphatic hydroxyl groups is 8. The van der Waals surface area contributed by atoms with Crippen molar-refractivity contribution >= 4 is 5.91 Å². The molecule has 2 saturated heterocycles. The van der Waals surface area contributed by atoms with Gasteiger partial charge in [-0.25, -0.2) is 0 Å². The average molecular weight is 1200 g/mol. The number of aliphatic hydroxyl groups excluding tert-OH is 8. The lowest BCUT2D eigenvalue weighted by Gasteiger charge is -2.46. The van der Waals surface area contributed by atoms with E-state index >= 15 is 0 Å². The van der Waals surface area contributed by atoms with E-state index in [4.69, 9.17) is 18.9 Å². The van der Waals surface area contributed by atoms with Crippen LogP contribution in [0.15, 0.2) is 0 Å². The smallest absolute Gasteiger partial charge is 0.220 e. The van der Waals surface area contributed by atoms with Crippen molar-refractivity contribution in [3.63, 3.8) is 0 Å². The third-order valence-electron chi connectivity index (χ3n) is 18.3. The molecule has 0 aromatic rings. The largest absolute Gasteiger partial charge is 0.394 e. The van der Waals surface area contributed by atoms with Crippen LogP contribution in [0.3, 0.4) is 0 Å². The van der Waals surface area contributed by atoms with E-state index in [9.17, 15) is 45.6 Å². The summed E-state index contributed by atoms with van der Waals surface area (Å²) in [5.74, 6) is -0.198. The number of nitrogens with one attached hydrogen (secondary N) is 1. The Morgan fingerprint density at radius 3 is 1.01 bits per heavy atom. The monoisotopic (exact) mass is 1200 g/mol. The molecule has 0 radical (unpaired) electrons. The molecule has 14 nitrogen and oxygen atoms in total. The highest BCUT2D eigenvalue weighted by Crippen LogP contribution is 2.30. The van der Waals surface area contributed by atoms with Gasteiger partial charge in [0.05, 0.1) is 32.0 Å². The van der Waals surface area contributed by atoms with Gasteiger partial charge < -0.3 is 65.1 Å². The fourth-order valence-corrected chi connectivity index (χ4v) is 12.5. The minimum atomic E-state index is -1.78. The van der Waals surface area contributed by atoms with E-state index in [2.05, 4.69) is 19.2 Å². The summed E-state index contributed by atoms with van der Waals surface area (Å²) in [5, 5.41) is 87.5. The molecule has 84 heavy (non-hydrogen) atoms. The van der Waals surface area contributed by atoms with Crippen molar-refractivity contribution in [2.45, 2.75) is 421 Å². The molecule has 9 N–H and O–H groups in total. The highest BCUT2D eigenvalue weighted by Gasteiger charge is 2.51. The fourth-order valence-electron chi connectivity index (χ4n) is 12.5. The predicted octanol–water partition coefficient (Wildman–Crippen LogP) is 14.8. The van der Waals surface area contributed by atoms with Gasteiger partial charge in [0, 0.05) is 6.42 Å². The zero-order valence-electron chi connectivity index (χ0n) is 54.4. The summed E-state index contributed by atoms with van der Waals surface area (Å²) in [6.45, 7) is 2.92. The average Bonchev–Trinajstić information content (AvgIpc) is 3.23. The van der Waals surface area contributed by atoms with Crippen LogP contribution in [0.25, 0.3) is 0 Å². The second kappa shape index (κ2) is 56.0. The zero-order valence-corrected chi connectivity index (χ0v) is 54.4. The third kappa shape index (κ3) is 39.9. The van der Waals surface area contributed by atoms with E-state index in [1.165, 1.54) is 270 Å². The van der Waals surface area contributed by atoms with Gasteiger partial charge in [-0.15, -0.1) is 0 Å². The maximum Gasteiger partial charge on any atom is 0.220 e. The Kier molecular flexibility index (Phi) is 52.7. The summed E-state index contributed by atoms with van der Waals surface area (Å²) in [4.78, 5) is 13.3. The Morgan fingerprint density at radius 2 is 0.679 bits per heavy atom. The first-order chi connectivity index (χ1) is 41.1. The second-order valence-electron chi connectivity index (χ2n) is 26.1. The SMILES string of the molecule is CCCCCCCCCCCCCCCCCCCCCCCCCCCCCCCCCCCCCC(=O)N[C@@H](CO[C@@H]1O[C@H](CO)[C@@H](O[C@@H]2O[C@H](CO)[C@H](O)C(O)C2O)C(O)C1O)[C@H](O)CCCCCCCCCCCCCCCCC. The number of hydrogen-bond donors (Lipinski definition) is 9. The van der Waals surface area contributed by atoms with Gasteiger partial charge in [0.1, 0.15) is 48.8 Å². The normalized spacial score (nSPS) is 23.5. The molecule has 0 aromatic carbocycles. The second-order valence-corrected chi connectivity index (χ2v) is 26.1. The van der Waals surface area contributed by atoms with Gasteiger partial charge in [-0.3, -0.25) is 4.79 Å². The molecule has 0 aliphatic carbocycles. The van der Waals surface area contributed by atoms with Gasteiger partial charge in [0.2, 0.25) is 5.91 Å². The van der Waals surface area contributed by atoms with Crippen LogP contribution in [0.2, 0.25) is 0 Å². The molecular formula is C70H137NO13. The Morgan fingerprint density at radius 1 is 0.381 bits per heavy atom. The summed E-state index contributed by atoms with van der Waals surface area (Å²) >= 11 is 0. The van der Waals surface area contributed by atoms with Crippen molar-refractivity contribution in [2.24, 2.45) is 0 Å². The predicted molar refractivity (Wildman–Crippen MR) is 342 cm³/mol. The van der Waals surface area contributed by atoms with Crippen LogP contribution >= 0.6 is 0 Å². The Labute approximate surface area is 514 Å². The number of amides is 1. The first kappa shape index (κ1) is 79.1. The number of rotatable bonds is 61. The molecule has 14 heteroatoms. The molecule has 4 unspecified atom stereocenters. The molecule has 2 heterocycles. The van der Waals surface area contributed by atoms with Crippen molar-refractivity contribution in [1.82, 2.24) is 5.32 Å². The van der Waals surface area contributed by atoms with E-state index in [-0.39, 0.29) is 12.5 Å². The minimum absolute atomic E-state index is 0.198. The number of hydrogen-bond acceptors (Lipinski definition) is 13. The van der Waals surface area contributed by atoms with Gasteiger partial charge >= 0.3 is 0 Å². The Hall–Kier alpha value is -1.01.